The van der Waals surface area contributed by atoms with E-state index in [0.717, 1.165) is 10.0 Å². The number of halogens is 1. The van der Waals surface area contributed by atoms with E-state index in [9.17, 15) is 9.59 Å². The van der Waals surface area contributed by atoms with Crippen LogP contribution in [0.15, 0.2) is 53.0 Å². The molecule has 2 aromatic rings. The number of hydrogen-bond acceptors (Lipinski definition) is 3. The molecule has 0 aliphatic carbocycles. The van der Waals surface area contributed by atoms with Crippen LogP contribution in [0.25, 0.3) is 0 Å². The summed E-state index contributed by atoms with van der Waals surface area (Å²) in [5.41, 5.74) is 2.02. The Balaban J connectivity index is 1.94. The Morgan fingerprint density at radius 2 is 1.50 bits per heavy atom. The van der Waals surface area contributed by atoms with Crippen molar-refractivity contribution in [3.05, 3.63) is 69.7 Å². The lowest BCUT2D eigenvalue weighted by atomic mass is 10.1. The monoisotopic (exact) mass is 332 g/mol. The van der Waals surface area contributed by atoms with E-state index in [1.807, 2.05) is 19.1 Å². The first kappa shape index (κ1) is 14.5. The first-order valence-corrected chi connectivity index (χ1v) is 6.88. The zero-order valence-electron chi connectivity index (χ0n) is 10.9. The molecule has 0 heterocycles. The van der Waals surface area contributed by atoms with Gasteiger partial charge in [0.2, 0.25) is 0 Å². The number of ether oxygens (including phenoxy) is 1. The molecule has 0 spiro atoms. The lowest BCUT2D eigenvalue weighted by Gasteiger charge is -2.05. The van der Waals surface area contributed by atoms with Gasteiger partial charge in [-0.1, -0.05) is 45.8 Å². The summed E-state index contributed by atoms with van der Waals surface area (Å²) in [6.45, 7) is 1.68. The Kier molecular flexibility index (Phi) is 4.69. The molecule has 2 rings (SSSR count). The number of aryl methyl sites for hydroxylation is 1. The highest BCUT2D eigenvalue weighted by molar-refractivity contribution is 9.10. The quantitative estimate of drug-likeness (QED) is 0.631. The minimum Gasteiger partial charge on any atom is -0.454 e. The smallest absolute Gasteiger partial charge is 0.338 e. The van der Waals surface area contributed by atoms with Gasteiger partial charge in [-0.2, -0.15) is 0 Å². The third kappa shape index (κ3) is 3.78. The molecule has 0 radical (unpaired) electrons. The molecule has 0 unspecified atom stereocenters. The molecule has 0 atom stereocenters. The van der Waals surface area contributed by atoms with E-state index in [4.69, 9.17) is 4.74 Å². The van der Waals surface area contributed by atoms with Crippen LogP contribution in [0.3, 0.4) is 0 Å². The molecule has 0 saturated heterocycles. The van der Waals surface area contributed by atoms with Crippen molar-refractivity contribution in [2.24, 2.45) is 0 Å². The number of ketones is 1. The molecular weight excluding hydrogens is 320 g/mol. The van der Waals surface area contributed by atoms with E-state index >= 15 is 0 Å². The Morgan fingerprint density at radius 3 is 2.10 bits per heavy atom. The van der Waals surface area contributed by atoms with E-state index < -0.39 is 5.97 Å². The highest BCUT2D eigenvalue weighted by Crippen LogP contribution is 2.11. The standard InChI is InChI=1S/C16H13BrO3/c1-11-2-4-13(5-3-11)16(19)20-10-15(18)12-6-8-14(17)9-7-12/h2-9H,10H2,1H3. The van der Waals surface area contributed by atoms with Crippen LogP contribution in [-0.2, 0) is 4.74 Å². The SMILES string of the molecule is Cc1ccc(C(=O)OCC(=O)c2ccc(Br)cc2)cc1. The van der Waals surface area contributed by atoms with E-state index in [2.05, 4.69) is 15.9 Å². The molecule has 0 aliphatic heterocycles. The van der Waals surface area contributed by atoms with Gasteiger partial charge >= 0.3 is 5.97 Å². The van der Waals surface area contributed by atoms with Crippen molar-refractivity contribution in [1.29, 1.82) is 0 Å². The van der Waals surface area contributed by atoms with Gasteiger partial charge in [0.05, 0.1) is 5.56 Å². The number of esters is 1. The summed E-state index contributed by atoms with van der Waals surface area (Å²) in [5.74, 6) is -0.714. The fraction of sp³-hybridized carbons (Fsp3) is 0.125. The summed E-state index contributed by atoms with van der Waals surface area (Å²) in [6.07, 6.45) is 0. The Labute approximate surface area is 125 Å². The van der Waals surface area contributed by atoms with Crippen LogP contribution in [0.2, 0.25) is 0 Å². The summed E-state index contributed by atoms with van der Waals surface area (Å²) in [5, 5.41) is 0. The van der Waals surface area contributed by atoms with Crippen molar-refractivity contribution in [2.75, 3.05) is 6.61 Å². The van der Waals surface area contributed by atoms with Crippen LogP contribution >= 0.6 is 15.9 Å². The zero-order valence-corrected chi connectivity index (χ0v) is 12.5. The maximum Gasteiger partial charge on any atom is 0.338 e. The summed E-state index contributed by atoms with van der Waals surface area (Å²) in [4.78, 5) is 23.6. The maximum atomic E-state index is 11.9. The van der Waals surface area contributed by atoms with Gasteiger partial charge in [-0.3, -0.25) is 4.79 Å². The highest BCUT2D eigenvalue weighted by atomic mass is 79.9. The van der Waals surface area contributed by atoms with Gasteiger partial charge in [-0.15, -0.1) is 0 Å². The van der Waals surface area contributed by atoms with E-state index in [1.54, 1.807) is 36.4 Å². The molecule has 2 aromatic carbocycles. The predicted octanol–water partition coefficient (Wildman–Crippen LogP) is 3.80. The second kappa shape index (κ2) is 6.48. The second-order valence-corrected chi connectivity index (χ2v) is 5.29. The summed E-state index contributed by atoms with van der Waals surface area (Å²) >= 11 is 3.30. The first-order chi connectivity index (χ1) is 9.56. The van der Waals surface area contributed by atoms with Crippen LogP contribution in [0.5, 0.6) is 0 Å². The first-order valence-electron chi connectivity index (χ1n) is 6.09. The fourth-order valence-corrected chi connectivity index (χ4v) is 1.89. The maximum absolute atomic E-state index is 11.9. The van der Waals surface area contributed by atoms with Crippen LogP contribution in [0, 0.1) is 6.92 Å². The molecule has 0 aromatic heterocycles. The van der Waals surface area contributed by atoms with Crippen molar-refractivity contribution >= 4 is 27.7 Å². The van der Waals surface area contributed by atoms with Gasteiger partial charge in [0.1, 0.15) is 0 Å². The Morgan fingerprint density at radius 1 is 0.950 bits per heavy atom. The van der Waals surface area contributed by atoms with E-state index in [-0.39, 0.29) is 12.4 Å². The highest BCUT2D eigenvalue weighted by Gasteiger charge is 2.11. The normalized spacial score (nSPS) is 10.1. The van der Waals surface area contributed by atoms with Gasteiger partial charge in [0.15, 0.2) is 12.4 Å². The van der Waals surface area contributed by atoms with Crippen molar-refractivity contribution in [3.8, 4) is 0 Å². The largest absolute Gasteiger partial charge is 0.454 e. The lowest BCUT2D eigenvalue weighted by Crippen LogP contribution is -2.14. The van der Waals surface area contributed by atoms with Crippen molar-refractivity contribution in [1.82, 2.24) is 0 Å². The molecule has 102 valence electrons. The second-order valence-electron chi connectivity index (χ2n) is 4.37. The van der Waals surface area contributed by atoms with Crippen LogP contribution in [0.1, 0.15) is 26.3 Å². The van der Waals surface area contributed by atoms with Gasteiger partial charge < -0.3 is 4.74 Å². The van der Waals surface area contributed by atoms with E-state index in [1.165, 1.54) is 0 Å². The van der Waals surface area contributed by atoms with Crippen LogP contribution < -0.4 is 0 Å². The summed E-state index contributed by atoms with van der Waals surface area (Å²) < 4.78 is 5.91. The predicted molar refractivity (Wildman–Crippen MR) is 79.9 cm³/mol. The van der Waals surface area contributed by atoms with Crippen LogP contribution in [0.4, 0.5) is 0 Å². The number of rotatable bonds is 4. The average Bonchev–Trinajstić information content (AvgIpc) is 2.46. The molecule has 4 heteroatoms. The molecule has 0 amide bonds. The van der Waals surface area contributed by atoms with Crippen LogP contribution in [-0.4, -0.2) is 18.4 Å². The van der Waals surface area contributed by atoms with E-state index in [0.29, 0.717) is 11.1 Å². The number of hydrogen-bond donors (Lipinski definition) is 0. The summed E-state index contributed by atoms with van der Waals surface area (Å²) in [6, 6.07) is 13.9. The van der Waals surface area contributed by atoms with Gasteiger partial charge in [-0.05, 0) is 31.2 Å². The molecule has 0 aliphatic rings. The molecule has 20 heavy (non-hydrogen) atoms. The van der Waals surface area contributed by atoms with Crippen molar-refractivity contribution in [3.63, 3.8) is 0 Å². The number of carbonyl (C=O) groups excluding carboxylic acids is 2. The zero-order chi connectivity index (χ0) is 14.5. The van der Waals surface area contributed by atoms with Crippen molar-refractivity contribution < 1.29 is 14.3 Å². The Hall–Kier alpha value is -1.94. The topological polar surface area (TPSA) is 43.4 Å². The molecular formula is C16H13BrO3. The fourth-order valence-electron chi connectivity index (χ4n) is 1.62. The minimum absolute atomic E-state index is 0.224. The number of benzene rings is 2. The number of carbonyl (C=O) groups is 2. The molecule has 0 saturated carbocycles. The third-order valence-electron chi connectivity index (χ3n) is 2.79. The number of Topliss-reactive ketones (excluding diaryl/α,β-unsaturated/α-hetero) is 1. The van der Waals surface area contributed by atoms with Gasteiger partial charge in [0.25, 0.3) is 0 Å². The average molecular weight is 333 g/mol. The van der Waals surface area contributed by atoms with Gasteiger partial charge in [-0.25, -0.2) is 4.79 Å². The minimum atomic E-state index is -0.490. The van der Waals surface area contributed by atoms with Crippen molar-refractivity contribution in [2.45, 2.75) is 6.92 Å². The summed E-state index contributed by atoms with van der Waals surface area (Å²) in [7, 11) is 0. The molecule has 0 bridgehead atoms. The van der Waals surface area contributed by atoms with Gasteiger partial charge in [0, 0.05) is 10.0 Å². The molecule has 0 N–H and O–H groups in total. The molecule has 0 fully saturated rings. The third-order valence-corrected chi connectivity index (χ3v) is 3.32. The molecule has 3 nitrogen and oxygen atoms in total. The Bertz CT molecular complexity index is 558. The lowest BCUT2D eigenvalue weighted by molar-refractivity contribution is 0.0475.